The second kappa shape index (κ2) is 4.56. The summed E-state index contributed by atoms with van der Waals surface area (Å²) in [7, 11) is 1.60. The zero-order chi connectivity index (χ0) is 12.5. The first-order chi connectivity index (χ1) is 8.76. The third-order valence-corrected chi connectivity index (χ3v) is 3.37. The van der Waals surface area contributed by atoms with Crippen molar-refractivity contribution in [2.75, 3.05) is 7.11 Å². The first kappa shape index (κ1) is 11.5. The van der Waals surface area contributed by atoms with Gasteiger partial charge >= 0.3 is 0 Å². The number of nitrogens with one attached hydrogen (secondary N) is 1. The van der Waals surface area contributed by atoms with Crippen molar-refractivity contribution in [1.29, 1.82) is 0 Å². The third-order valence-electron chi connectivity index (χ3n) is 2.65. The summed E-state index contributed by atoms with van der Waals surface area (Å²) in [5.41, 5.74) is 2.62. The SMILES string of the molecule is COc1ccc2[nH]c(-c3ccc(I)cc3)nc2n1. The fourth-order valence-corrected chi connectivity index (χ4v) is 2.09. The van der Waals surface area contributed by atoms with Crippen molar-refractivity contribution >= 4 is 33.8 Å². The highest BCUT2D eigenvalue weighted by molar-refractivity contribution is 14.1. The van der Waals surface area contributed by atoms with Crippen molar-refractivity contribution in [2.45, 2.75) is 0 Å². The number of fused-ring (bicyclic) bond motifs is 1. The van der Waals surface area contributed by atoms with Gasteiger partial charge in [0.15, 0.2) is 5.65 Å². The average molecular weight is 351 g/mol. The molecule has 90 valence electrons. The van der Waals surface area contributed by atoms with Gasteiger partial charge in [-0.1, -0.05) is 12.1 Å². The Kier molecular flexibility index (Phi) is 2.91. The Balaban J connectivity index is 2.10. The van der Waals surface area contributed by atoms with Crippen LogP contribution in [-0.2, 0) is 0 Å². The van der Waals surface area contributed by atoms with Gasteiger partial charge in [-0.05, 0) is 40.8 Å². The molecule has 3 aromatic rings. The number of hydrogen-bond donors (Lipinski definition) is 1. The smallest absolute Gasteiger partial charge is 0.215 e. The van der Waals surface area contributed by atoms with E-state index in [9.17, 15) is 0 Å². The van der Waals surface area contributed by atoms with Crippen LogP contribution in [0.25, 0.3) is 22.6 Å². The summed E-state index contributed by atoms with van der Waals surface area (Å²) in [6.45, 7) is 0. The summed E-state index contributed by atoms with van der Waals surface area (Å²) < 4.78 is 6.29. The van der Waals surface area contributed by atoms with Crippen LogP contribution in [0, 0.1) is 3.57 Å². The molecule has 4 nitrogen and oxygen atoms in total. The van der Waals surface area contributed by atoms with E-state index in [0.717, 1.165) is 16.9 Å². The standard InChI is InChI=1S/C13H10IN3O/c1-18-11-7-6-10-13(16-11)17-12(15-10)8-2-4-9(14)5-3-8/h2-7H,1H3,(H,15,16,17). The molecule has 0 saturated heterocycles. The molecule has 2 aromatic heterocycles. The number of nitrogens with zero attached hydrogens (tertiary/aromatic N) is 2. The summed E-state index contributed by atoms with van der Waals surface area (Å²) in [4.78, 5) is 12.0. The predicted octanol–water partition coefficient (Wildman–Crippen LogP) is 3.24. The molecule has 3 rings (SSSR count). The molecule has 1 aromatic carbocycles. The quantitative estimate of drug-likeness (QED) is 0.722. The molecule has 0 saturated carbocycles. The van der Waals surface area contributed by atoms with Gasteiger partial charge in [-0.15, -0.1) is 0 Å². The van der Waals surface area contributed by atoms with Crippen LogP contribution in [0.1, 0.15) is 0 Å². The predicted molar refractivity (Wildman–Crippen MR) is 78.6 cm³/mol. The Hall–Kier alpha value is -1.63. The number of aromatic amines is 1. The Morgan fingerprint density at radius 3 is 2.56 bits per heavy atom. The van der Waals surface area contributed by atoms with Crippen molar-refractivity contribution in [2.24, 2.45) is 0 Å². The molecular formula is C13H10IN3O. The number of ether oxygens (including phenoxy) is 1. The van der Waals surface area contributed by atoms with Crippen LogP contribution in [0.15, 0.2) is 36.4 Å². The Morgan fingerprint density at radius 2 is 1.83 bits per heavy atom. The lowest BCUT2D eigenvalue weighted by Crippen LogP contribution is -1.86. The van der Waals surface area contributed by atoms with E-state index in [2.05, 4.69) is 49.7 Å². The van der Waals surface area contributed by atoms with E-state index >= 15 is 0 Å². The first-order valence-electron chi connectivity index (χ1n) is 5.43. The van der Waals surface area contributed by atoms with Gasteiger partial charge < -0.3 is 9.72 Å². The van der Waals surface area contributed by atoms with Crippen LogP contribution in [0.3, 0.4) is 0 Å². The monoisotopic (exact) mass is 351 g/mol. The highest BCUT2D eigenvalue weighted by atomic mass is 127. The van der Waals surface area contributed by atoms with Gasteiger partial charge in [0, 0.05) is 15.2 Å². The number of pyridine rings is 1. The summed E-state index contributed by atoms with van der Waals surface area (Å²) in [5.74, 6) is 1.39. The van der Waals surface area contributed by atoms with E-state index in [1.54, 1.807) is 7.11 Å². The van der Waals surface area contributed by atoms with Crippen LogP contribution in [0.2, 0.25) is 0 Å². The molecule has 0 fully saturated rings. The number of benzene rings is 1. The van der Waals surface area contributed by atoms with Crippen LogP contribution in [-0.4, -0.2) is 22.1 Å². The van der Waals surface area contributed by atoms with Crippen LogP contribution < -0.4 is 4.74 Å². The Bertz CT molecular complexity index is 691. The number of aromatic nitrogens is 3. The van der Waals surface area contributed by atoms with Crippen LogP contribution in [0.4, 0.5) is 0 Å². The molecule has 0 aliphatic rings. The Morgan fingerprint density at radius 1 is 1.06 bits per heavy atom. The lowest BCUT2D eigenvalue weighted by atomic mass is 10.2. The van der Waals surface area contributed by atoms with Gasteiger partial charge in [0.25, 0.3) is 0 Å². The van der Waals surface area contributed by atoms with Crippen molar-refractivity contribution in [3.05, 3.63) is 40.0 Å². The minimum Gasteiger partial charge on any atom is -0.481 e. The highest BCUT2D eigenvalue weighted by Gasteiger charge is 2.07. The van der Waals surface area contributed by atoms with Crippen molar-refractivity contribution in [3.8, 4) is 17.3 Å². The lowest BCUT2D eigenvalue weighted by molar-refractivity contribution is 0.399. The zero-order valence-electron chi connectivity index (χ0n) is 9.64. The molecule has 0 spiro atoms. The molecule has 0 amide bonds. The van der Waals surface area contributed by atoms with Crippen LogP contribution >= 0.6 is 22.6 Å². The van der Waals surface area contributed by atoms with Gasteiger partial charge in [-0.3, -0.25) is 0 Å². The van der Waals surface area contributed by atoms with Crippen LogP contribution in [0.5, 0.6) is 5.88 Å². The second-order valence-electron chi connectivity index (χ2n) is 3.82. The number of H-pyrrole nitrogens is 1. The number of methoxy groups -OCH3 is 1. The van der Waals surface area contributed by atoms with Gasteiger partial charge in [0.1, 0.15) is 5.82 Å². The van der Waals surface area contributed by atoms with E-state index in [1.165, 1.54) is 3.57 Å². The van der Waals surface area contributed by atoms with E-state index in [-0.39, 0.29) is 0 Å². The number of halogens is 1. The van der Waals surface area contributed by atoms with Gasteiger partial charge in [0.2, 0.25) is 5.88 Å². The van der Waals surface area contributed by atoms with E-state index in [0.29, 0.717) is 11.5 Å². The summed E-state index contributed by atoms with van der Waals surface area (Å²) in [5, 5.41) is 0. The fourth-order valence-electron chi connectivity index (χ4n) is 1.73. The molecule has 0 unspecified atom stereocenters. The molecule has 0 radical (unpaired) electrons. The first-order valence-corrected chi connectivity index (χ1v) is 6.51. The molecule has 0 atom stereocenters. The second-order valence-corrected chi connectivity index (χ2v) is 5.06. The summed E-state index contributed by atoms with van der Waals surface area (Å²) >= 11 is 2.28. The molecule has 18 heavy (non-hydrogen) atoms. The van der Waals surface area contributed by atoms with Crippen molar-refractivity contribution < 1.29 is 4.74 Å². The van der Waals surface area contributed by atoms with Crippen molar-refractivity contribution in [1.82, 2.24) is 15.0 Å². The average Bonchev–Trinajstić information content (AvgIpc) is 2.82. The highest BCUT2D eigenvalue weighted by Crippen LogP contribution is 2.21. The van der Waals surface area contributed by atoms with Gasteiger partial charge in [-0.2, -0.15) is 4.98 Å². The topological polar surface area (TPSA) is 50.8 Å². The van der Waals surface area contributed by atoms with E-state index in [1.807, 2.05) is 24.3 Å². The number of rotatable bonds is 2. The fraction of sp³-hybridized carbons (Fsp3) is 0.0769. The Labute approximate surface area is 118 Å². The summed E-state index contributed by atoms with van der Waals surface area (Å²) in [6.07, 6.45) is 0. The molecule has 2 heterocycles. The van der Waals surface area contributed by atoms with E-state index in [4.69, 9.17) is 4.74 Å². The molecule has 1 N–H and O–H groups in total. The van der Waals surface area contributed by atoms with Gasteiger partial charge in [-0.25, -0.2) is 4.98 Å². The molecule has 0 bridgehead atoms. The maximum absolute atomic E-state index is 5.09. The maximum Gasteiger partial charge on any atom is 0.215 e. The minimum absolute atomic E-state index is 0.572. The number of hydrogen-bond acceptors (Lipinski definition) is 3. The lowest BCUT2D eigenvalue weighted by Gasteiger charge is -1.95. The van der Waals surface area contributed by atoms with Gasteiger partial charge in [0.05, 0.1) is 12.6 Å². The van der Waals surface area contributed by atoms with E-state index < -0.39 is 0 Å². The summed E-state index contributed by atoms with van der Waals surface area (Å²) in [6, 6.07) is 11.9. The molecular weight excluding hydrogens is 341 g/mol. The minimum atomic E-state index is 0.572. The van der Waals surface area contributed by atoms with Crippen molar-refractivity contribution in [3.63, 3.8) is 0 Å². The molecule has 0 aliphatic carbocycles. The zero-order valence-corrected chi connectivity index (χ0v) is 11.8. The molecule has 0 aliphatic heterocycles. The largest absolute Gasteiger partial charge is 0.481 e. The maximum atomic E-state index is 5.09. The normalized spacial score (nSPS) is 10.8. The molecule has 5 heteroatoms. The third kappa shape index (κ3) is 2.05. The number of imidazole rings is 1.